The lowest BCUT2D eigenvalue weighted by molar-refractivity contribution is 0.0976. The summed E-state index contributed by atoms with van der Waals surface area (Å²) < 4.78 is 0. The molecule has 0 spiro atoms. The summed E-state index contributed by atoms with van der Waals surface area (Å²) in [5, 5.41) is 3.59. The van der Waals surface area contributed by atoms with Crippen molar-refractivity contribution in [3.63, 3.8) is 0 Å². The third-order valence-corrected chi connectivity index (χ3v) is 5.38. The van der Waals surface area contributed by atoms with E-state index in [1.54, 1.807) is 6.20 Å². The first-order valence-corrected chi connectivity index (χ1v) is 9.36. The van der Waals surface area contributed by atoms with Gasteiger partial charge in [-0.25, -0.2) is 0 Å². The van der Waals surface area contributed by atoms with Crippen molar-refractivity contribution in [1.82, 2.24) is 4.98 Å². The highest BCUT2D eigenvalue weighted by atomic mass is 16.2. The van der Waals surface area contributed by atoms with Crippen molar-refractivity contribution in [2.45, 2.75) is 57.5 Å². The largest absolute Gasteiger partial charge is 0.382 e. The summed E-state index contributed by atoms with van der Waals surface area (Å²) in [6.45, 7) is 2.10. The molecule has 25 heavy (non-hydrogen) atoms. The maximum absolute atomic E-state index is 13.1. The minimum absolute atomic E-state index is 0.00950. The number of para-hydroxylation sites is 1. The van der Waals surface area contributed by atoms with E-state index >= 15 is 0 Å². The van der Waals surface area contributed by atoms with Gasteiger partial charge in [0.15, 0.2) is 0 Å². The first-order chi connectivity index (χ1) is 12.2. The van der Waals surface area contributed by atoms with Gasteiger partial charge in [0.25, 0.3) is 5.91 Å². The van der Waals surface area contributed by atoms with Crippen molar-refractivity contribution in [1.29, 1.82) is 0 Å². The molecule has 2 aromatic rings. The van der Waals surface area contributed by atoms with Crippen molar-refractivity contribution < 1.29 is 4.79 Å². The second kappa shape index (κ2) is 6.87. The van der Waals surface area contributed by atoms with Crippen LogP contribution < -0.4 is 10.2 Å². The fraction of sp³-hybridized carbons (Fsp3) is 0.429. The lowest BCUT2D eigenvalue weighted by atomic mass is 9.95. The molecule has 2 heterocycles. The molecule has 2 aliphatic rings. The Morgan fingerprint density at radius 1 is 1.16 bits per heavy atom. The minimum Gasteiger partial charge on any atom is -0.382 e. The van der Waals surface area contributed by atoms with Crippen LogP contribution in [0.5, 0.6) is 0 Å². The number of nitrogens with one attached hydrogen (secondary N) is 1. The Kier molecular flexibility index (Phi) is 4.43. The average Bonchev–Trinajstić information content (AvgIpc) is 2.98. The molecule has 1 unspecified atom stereocenters. The fourth-order valence-electron chi connectivity index (χ4n) is 4.12. The number of pyridine rings is 1. The van der Waals surface area contributed by atoms with Gasteiger partial charge >= 0.3 is 0 Å². The highest BCUT2D eigenvalue weighted by Crippen LogP contribution is 2.33. The molecule has 1 aliphatic carbocycles. The van der Waals surface area contributed by atoms with Gasteiger partial charge in [-0.3, -0.25) is 9.78 Å². The third kappa shape index (κ3) is 3.26. The molecular formula is C21H25N3O. The molecule has 4 rings (SSSR count). The van der Waals surface area contributed by atoms with E-state index in [4.69, 9.17) is 0 Å². The molecule has 0 bridgehead atoms. The van der Waals surface area contributed by atoms with Gasteiger partial charge in [0.2, 0.25) is 0 Å². The molecule has 1 N–H and O–H groups in total. The molecule has 1 aliphatic heterocycles. The Hall–Kier alpha value is -2.36. The van der Waals surface area contributed by atoms with Gasteiger partial charge in [0.05, 0.1) is 0 Å². The minimum atomic E-state index is -0.00950. The summed E-state index contributed by atoms with van der Waals surface area (Å²) in [6, 6.07) is 12.7. The molecule has 1 atom stereocenters. The number of nitrogens with zero attached hydrogens (tertiary/aromatic N) is 2. The topological polar surface area (TPSA) is 45.2 Å². The second-order valence-corrected chi connectivity index (χ2v) is 7.27. The molecule has 130 valence electrons. The Morgan fingerprint density at radius 2 is 1.96 bits per heavy atom. The van der Waals surface area contributed by atoms with Crippen LogP contribution in [0.3, 0.4) is 0 Å². The zero-order chi connectivity index (χ0) is 17.2. The number of hydrogen-bond donors (Lipinski definition) is 1. The van der Waals surface area contributed by atoms with Crippen LogP contribution >= 0.6 is 0 Å². The highest BCUT2D eigenvalue weighted by molar-refractivity contribution is 6.06. The molecule has 1 amide bonds. The standard InChI is InChI=1S/C21H25N3O/c1-15-13-16-7-5-6-10-20(16)24(15)21(25)19-14-18(11-12-22-19)23-17-8-3-2-4-9-17/h5-7,10-12,14-15,17H,2-4,8-9,13H2,1H3,(H,22,23). The highest BCUT2D eigenvalue weighted by Gasteiger charge is 2.31. The van der Waals surface area contributed by atoms with Crippen LogP contribution in [-0.2, 0) is 6.42 Å². The zero-order valence-corrected chi connectivity index (χ0v) is 14.7. The number of carbonyl (C=O) groups is 1. The Bertz CT molecular complexity index is 767. The SMILES string of the molecule is CC1Cc2ccccc2N1C(=O)c1cc(NC2CCCCC2)ccn1. The van der Waals surface area contributed by atoms with Crippen molar-refractivity contribution in [3.05, 3.63) is 53.9 Å². The van der Waals surface area contributed by atoms with E-state index in [9.17, 15) is 4.79 Å². The van der Waals surface area contributed by atoms with Gasteiger partial charge in [-0.05, 0) is 49.9 Å². The Morgan fingerprint density at radius 3 is 2.80 bits per heavy atom. The van der Waals surface area contributed by atoms with Gasteiger partial charge in [-0.1, -0.05) is 37.5 Å². The molecule has 0 radical (unpaired) electrons. The molecule has 4 nitrogen and oxygen atoms in total. The summed E-state index contributed by atoms with van der Waals surface area (Å²) in [4.78, 5) is 19.3. The molecule has 1 aromatic carbocycles. The van der Waals surface area contributed by atoms with E-state index < -0.39 is 0 Å². The smallest absolute Gasteiger partial charge is 0.277 e. The summed E-state index contributed by atoms with van der Waals surface area (Å²) in [7, 11) is 0. The van der Waals surface area contributed by atoms with E-state index in [-0.39, 0.29) is 11.9 Å². The molecule has 0 saturated heterocycles. The molecule has 4 heteroatoms. The number of benzene rings is 1. The second-order valence-electron chi connectivity index (χ2n) is 7.27. The van der Waals surface area contributed by atoms with E-state index in [1.807, 2.05) is 35.2 Å². The predicted octanol–water partition coefficient (Wildman–Crippen LogP) is 4.42. The quantitative estimate of drug-likeness (QED) is 0.903. The van der Waals surface area contributed by atoms with E-state index in [2.05, 4.69) is 23.3 Å². The van der Waals surface area contributed by atoms with Crippen LogP contribution in [0, 0.1) is 0 Å². The first kappa shape index (κ1) is 16.1. The number of carbonyl (C=O) groups excluding carboxylic acids is 1. The summed E-state index contributed by atoms with van der Waals surface area (Å²) in [6.07, 6.45) is 8.98. The number of hydrogen-bond acceptors (Lipinski definition) is 3. The fourth-order valence-corrected chi connectivity index (χ4v) is 4.12. The van der Waals surface area contributed by atoms with E-state index in [1.165, 1.54) is 37.7 Å². The lowest BCUT2D eigenvalue weighted by Gasteiger charge is -2.25. The van der Waals surface area contributed by atoms with Crippen molar-refractivity contribution in [2.75, 3.05) is 10.2 Å². The van der Waals surface area contributed by atoms with Crippen LogP contribution in [0.2, 0.25) is 0 Å². The lowest BCUT2D eigenvalue weighted by Crippen LogP contribution is -2.36. The number of anilines is 2. The van der Waals surface area contributed by atoms with E-state index in [0.29, 0.717) is 11.7 Å². The third-order valence-electron chi connectivity index (χ3n) is 5.38. The molecule has 1 fully saturated rings. The average molecular weight is 335 g/mol. The molecular weight excluding hydrogens is 310 g/mol. The van der Waals surface area contributed by atoms with E-state index in [0.717, 1.165) is 17.8 Å². The van der Waals surface area contributed by atoms with Crippen LogP contribution in [-0.4, -0.2) is 23.0 Å². The van der Waals surface area contributed by atoms with Gasteiger partial charge in [0, 0.05) is 29.7 Å². The normalized spacial score (nSPS) is 20.4. The van der Waals surface area contributed by atoms with Crippen LogP contribution in [0.1, 0.15) is 55.1 Å². The van der Waals surface area contributed by atoms with Gasteiger partial charge in [-0.15, -0.1) is 0 Å². The van der Waals surface area contributed by atoms with Gasteiger partial charge < -0.3 is 10.2 Å². The molecule has 1 saturated carbocycles. The zero-order valence-electron chi connectivity index (χ0n) is 14.7. The summed E-state index contributed by atoms with van der Waals surface area (Å²) >= 11 is 0. The Labute approximate surface area is 149 Å². The Balaban J connectivity index is 1.55. The van der Waals surface area contributed by atoms with Crippen LogP contribution in [0.15, 0.2) is 42.6 Å². The molecule has 1 aromatic heterocycles. The van der Waals surface area contributed by atoms with Crippen molar-refractivity contribution in [3.8, 4) is 0 Å². The number of aromatic nitrogens is 1. The monoisotopic (exact) mass is 335 g/mol. The predicted molar refractivity (Wildman–Crippen MR) is 101 cm³/mol. The maximum Gasteiger partial charge on any atom is 0.277 e. The first-order valence-electron chi connectivity index (χ1n) is 9.36. The van der Waals surface area contributed by atoms with Gasteiger partial charge in [-0.2, -0.15) is 0 Å². The van der Waals surface area contributed by atoms with Crippen LogP contribution in [0.25, 0.3) is 0 Å². The van der Waals surface area contributed by atoms with Crippen molar-refractivity contribution >= 4 is 17.3 Å². The van der Waals surface area contributed by atoms with Crippen LogP contribution in [0.4, 0.5) is 11.4 Å². The number of amides is 1. The summed E-state index contributed by atoms with van der Waals surface area (Å²) in [5.41, 5.74) is 3.78. The summed E-state index contributed by atoms with van der Waals surface area (Å²) in [5.74, 6) is -0.00950. The number of rotatable bonds is 3. The van der Waals surface area contributed by atoms with Gasteiger partial charge in [0.1, 0.15) is 5.69 Å². The van der Waals surface area contributed by atoms with Crippen molar-refractivity contribution in [2.24, 2.45) is 0 Å². The number of fused-ring (bicyclic) bond motifs is 1. The maximum atomic E-state index is 13.1.